The molecule has 1 N–H and O–H groups in total. The molecule has 0 bridgehead atoms. The van der Waals surface area contributed by atoms with Gasteiger partial charge in [-0.05, 0) is 38.8 Å². The molecule has 0 saturated carbocycles. The van der Waals surface area contributed by atoms with Crippen LogP contribution in [0.1, 0.15) is 40.5 Å². The lowest BCUT2D eigenvalue weighted by molar-refractivity contribution is -0.147. The molecule has 1 heterocycles. The fraction of sp³-hybridized carbons (Fsp3) is 0.933. The monoisotopic (exact) mass is 270 g/mol. The van der Waals surface area contributed by atoms with Gasteiger partial charge in [0.25, 0.3) is 0 Å². The number of hydrogen-bond donors (Lipinski definition) is 1. The van der Waals surface area contributed by atoms with Crippen LogP contribution in [0, 0.1) is 11.8 Å². The Morgan fingerprint density at radius 2 is 2.05 bits per heavy atom. The maximum absolute atomic E-state index is 11.6. The number of piperidine rings is 1. The van der Waals surface area contributed by atoms with Crippen molar-refractivity contribution in [1.82, 2.24) is 10.2 Å². The summed E-state index contributed by atoms with van der Waals surface area (Å²) in [6, 6.07) is 0.802. The SMILES string of the molecule is COC(=O)C(C)C(C)N1CCCC(CNC(C)C)C1. The van der Waals surface area contributed by atoms with E-state index in [0.29, 0.717) is 12.0 Å². The van der Waals surface area contributed by atoms with E-state index in [-0.39, 0.29) is 17.9 Å². The lowest BCUT2D eigenvalue weighted by Gasteiger charge is -2.38. The molecule has 0 aliphatic carbocycles. The van der Waals surface area contributed by atoms with Crippen LogP contribution in [0.3, 0.4) is 0 Å². The molecule has 1 rings (SSSR count). The lowest BCUT2D eigenvalue weighted by Crippen LogP contribution is -2.48. The van der Waals surface area contributed by atoms with Crippen LogP contribution in [-0.2, 0) is 9.53 Å². The van der Waals surface area contributed by atoms with E-state index in [9.17, 15) is 4.79 Å². The molecule has 1 fully saturated rings. The third-order valence-electron chi connectivity index (χ3n) is 4.24. The highest BCUT2D eigenvalue weighted by Crippen LogP contribution is 2.21. The van der Waals surface area contributed by atoms with Crippen molar-refractivity contribution in [3.63, 3.8) is 0 Å². The Hall–Kier alpha value is -0.610. The number of carbonyl (C=O) groups is 1. The van der Waals surface area contributed by atoms with Crippen LogP contribution < -0.4 is 5.32 Å². The highest BCUT2D eigenvalue weighted by molar-refractivity contribution is 5.72. The van der Waals surface area contributed by atoms with Crippen LogP contribution in [0.5, 0.6) is 0 Å². The molecule has 0 aromatic heterocycles. The van der Waals surface area contributed by atoms with Crippen molar-refractivity contribution in [2.75, 3.05) is 26.7 Å². The van der Waals surface area contributed by atoms with Crippen LogP contribution in [0.15, 0.2) is 0 Å². The average molecular weight is 270 g/mol. The molecule has 19 heavy (non-hydrogen) atoms. The first-order chi connectivity index (χ1) is 8.95. The van der Waals surface area contributed by atoms with Crippen molar-refractivity contribution in [3.8, 4) is 0 Å². The van der Waals surface area contributed by atoms with Gasteiger partial charge in [-0.1, -0.05) is 20.8 Å². The third kappa shape index (κ3) is 5.11. The molecule has 1 aliphatic rings. The highest BCUT2D eigenvalue weighted by atomic mass is 16.5. The number of nitrogens with zero attached hydrogens (tertiary/aromatic N) is 1. The van der Waals surface area contributed by atoms with E-state index in [0.717, 1.165) is 19.6 Å². The van der Waals surface area contributed by atoms with Gasteiger partial charge in [0.05, 0.1) is 13.0 Å². The smallest absolute Gasteiger partial charge is 0.309 e. The van der Waals surface area contributed by atoms with Crippen LogP contribution >= 0.6 is 0 Å². The molecular formula is C15H30N2O2. The van der Waals surface area contributed by atoms with Crippen LogP contribution in [-0.4, -0.2) is 49.7 Å². The van der Waals surface area contributed by atoms with Crippen molar-refractivity contribution in [3.05, 3.63) is 0 Å². The van der Waals surface area contributed by atoms with Crippen molar-refractivity contribution in [2.24, 2.45) is 11.8 Å². The Balaban J connectivity index is 2.47. The first kappa shape index (κ1) is 16.4. The van der Waals surface area contributed by atoms with E-state index < -0.39 is 0 Å². The minimum Gasteiger partial charge on any atom is -0.469 e. The Kier molecular flexibility index (Phi) is 6.80. The quantitative estimate of drug-likeness (QED) is 0.749. The van der Waals surface area contributed by atoms with Gasteiger partial charge in [-0.3, -0.25) is 9.69 Å². The topological polar surface area (TPSA) is 41.6 Å². The molecule has 3 atom stereocenters. The molecule has 0 radical (unpaired) electrons. The maximum Gasteiger partial charge on any atom is 0.309 e. The summed E-state index contributed by atoms with van der Waals surface area (Å²) in [5.74, 6) is 0.542. The number of esters is 1. The molecule has 4 nitrogen and oxygen atoms in total. The number of ether oxygens (including phenoxy) is 1. The Labute approximate surface area is 117 Å². The predicted molar refractivity (Wildman–Crippen MR) is 78.1 cm³/mol. The molecule has 1 saturated heterocycles. The second-order valence-corrected chi connectivity index (χ2v) is 6.12. The maximum atomic E-state index is 11.6. The number of methoxy groups -OCH3 is 1. The zero-order valence-electron chi connectivity index (χ0n) is 13.1. The van der Waals surface area contributed by atoms with Gasteiger partial charge < -0.3 is 10.1 Å². The number of rotatable bonds is 6. The van der Waals surface area contributed by atoms with E-state index in [1.54, 1.807) is 0 Å². The van der Waals surface area contributed by atoms with Gasteiger partial charge in [-0.15, -0.1) is 0 Å². The first-order valence-corrected chi connectivity index (χ1v) is 7.51. The van der Waals surface area contributed by atoms with Gasteiger partial charge in [0.1, 0.15) is 0 Å². The van der Waals surface area contributed by atoms with Gasteiger partial charge in [0.2, 0.25) is 0 Å². The van der Waals surface area contributed by atoms with Crippen molar-refractivity contribution < 1.29 is 9.53 Å². The number of likely N-dealkylation sites (tertiary alicyclic amines) is 1. The van der Waals surface area contributed by atoms with E-state index in [1.807, 2.05) is 6.92 Å². The normalized spacial score (nSPS) is 24.2. The van der Waals surface area contributed by atoms with E-state index in [2.05, 4.69) is 31.0 Å². The largest absolute Gasteiger partial charge is 0.469 e. The van der Waals surface area contributed by atoms with Crippen molar-refractivity contribution in [2.45, 2.75) is 52.6 Å². The van der Waals surface area contributed by atoms with Crippen LogP contribution in [0.2, 0.25) is 0 Å². The minimum absolute atomic E-state index is 0.0539. The molecule has 3 unspecified atom stereocenters. The zero-order chi connectivity index (χ0) is 14.4. The minimum atomic E-state index is -0.102. The first-order valence-electron chi connectivity index (χ1n) is 7.51. The molecule has 4 heteroatoms. The molecule has 112 valence electrons. The van der Waals surface area contributed by atoms with Gasteiger partial charge >= 0.3 is 5.97 Å². The average Bonchev–Trinajstić information content (AvgIpc) is 2.42. The fourth-order valence-electron chi connectivity index (χ4n) is 2.74. The van der Waals surface area contributed by atoms with Gasteiger partial charge in [-0.25, -0.2) is 0 Å². The van der Waals surface area contributed by atoms with Gasteiger partial charge in [0, 0.05) is 18.6 Å². The van der Waals surface area contributed by atoms with Gasteiger partial charge in [-0.2, -0.15) is 0 Å². The predicted octanol–water partition coefficient (Wildman–Crippen LogP) is 1.89. The van der Waals surface area contributed by atoms with Crippen LogP contribution in [0.4, 0.5) is 0 Å². The second kappa shape index (κ2) is 7.85. The van der Waals surface area contributed by atoms with Crippen molar-refractivity contribution >= 4 is 5.97 Å². The van der Waals surface area contributed by atoms with Crippen molar-refractivity contribution in [1.29, 1.82) is 0 Å². The molecule has 1 aliphatic heterocycles. The number of carbonyl (C=O) groups excluding carboxylic acids is 1. The fourth-order valence-corrected chi connectivity index (χ4v) is 2.74. The summed E-state index contributed by atoms with van der Waals surface area (Å²) < 4.78 is 4.85. The summed E-state index contributed by atoms with van der Waals surface area (Å²) in [6.45, 7) is 11.7. The zero-order valence-corrected chi connectivity index (χ0v) is 13.1. The highest BCUT2D eigenvalue weighted by Gasteiger charge is 2.29. The summed E-state index contributed by atoms with van der Waals surface area (Å²) in [7, 11) is 1.47. The standard InChI is InChI=1S/C15H30N2O2/c1-11(2)16-9-14-7-6-8-17(10-14)13(4)12(3)15(18)19-5/h11-14,16H,6-10H2,1-5H3. The van der Waals surface area contributed by atoms with E-state index in [4.69, 9.17) is 4.74 Å². The summed E-state index contributed by atoms with van der Waals surface area (Å²) in [5.41, 5.74) is 0. The summed E-state index contributed by atoms with van der Waals surface area (Å²) in [6.07, 6.45) is 2.51. The second-order valence-electron chi connectivity index (χ2n) is 6.12. The van der Waals surface area contributed by atoms with Gasteiger partial charge in [0.15, 0.2) is 0 Å². The molecular weight excluding hydrogens is 240 g/mol. The molecule has 0 aromatic rings. The van der Waals surface area contributed by atoms with Crippen LogP contribution in [0.25, 0.3) is 0 Å². The number of hydrogen-bond acceptors (Lipinski definition) is 4. The summed E-state index contributed by atoms with van der Waals surface area (Å²) >= 11 is 0. The molecule has 0 aromatic carbocycles. The number of nitrogens with one attached hydrogen (secondary N) is 1. The van der Waals surface area contributed by atoms with E-state index >= 15 is 0 Å². The lowest BCUT2D eigenvalue weighted by atomic mass is 9.93. The Morgan fingerprint density at radius 1 is 1.37 bits per heavy atom. The molecule has 0 amide bonds. The summed E-state index contributed by atoms with van der Waals surface area (Å²) in [5, 5.41) is 3.52. The third-order valence-corrected chi connectivity index (χ3v) is 4.24. The Bertz CT molecular complexity index is 281. The summed E-state index contributed by atoms with van der Waals surface area (Å²) in [4.78, 5) is 14.1. The molecule has 0 spiro atoms. The Morgan fingerprint density at radius 3 is 2.63 bits per heavy atom. The van der Waals surface area contributed by atoms with E-state index in [1.165, 1.54) is 20.0 Å².